The Hall–Kier alpha value is -3.22. The summed E-state index contributed by atoms with van der Waals surface area (Å²) in [7, 11) is 7.99. The van der Waals surface area contributed by atoms with Gasteiger partial charge in [-0.2, -0.15) is 5.06 Å². The molecule has 11 heteroatoms. The molecule has 2 aromatic rings. The van der Waals surface area contributed by atoms with Gasteiger partial charge in [-0.3, -0.25) is 14.4 Å². The van der Waals surface area contributed by atoms with Crippen LogP contribution in [-0.2, 0) is 16.2 Å². The molecule has 3 aliphatic rings. The summed E-state index contributed by atoms with van der Waals surface area (Å²) in [6, 6.07) is 11.1. The van der Waals surface area contributed by atoms with Crippen LogP contribution in [0.1, 0.15) is 97.0 Å². The van der Waals surface area contributed by atoms with E-state index in [-0.39, 0.29) is 48.4 Å². The number of hydroxylamine groups is 2. The number of benzene rings is 2. The van der Waals surface area contributed by atoms with Gasteiger partial charge in [-0.15, -0.1) is 0 Å². The third kappa shape index (κ3) is 10.7. The molecule has 318 valence electrons. The maximum atomic E-state index is 14.5. The second-order valence-electron chi connectivity index (χ2n) is 19.2. The van der Waals surface area contributed by atoms with E-state index in [4.69, 9.17) is 9.57 Å². The zero-order valence-electron chi connectivity index (χ0n) is 36.8. The Morgan fingerprint density at radius 1 is 1.05 bits per heavy atom. The summed E-state index contributed by atoms with van der Waals surface area (Å²) in [5.74, 6) is 1.66. The summed E-state index contributed by atoms with van der Waals surface area (Å²) < 4.78 is 6.71. The van der Waals surface area contributed by atoms with Crippen molar-refractivity contribution in [3.63, 3.8) is 0 Å². The van der Waals surface area contributed by atoms with Crippen molar-refractivity contribution in [3.8, 4) is 16.9 Å². The van der Waals surface area contributed by atoms with Crippen LogP contribution >= 0.6 is 0 Å². The second-order valence-corrected chi connectivity index (χ2v) is 19.2. The third-order valence-electron chi connectivity index (χ3n) is 13.4. The van der Waals surface area contributed by atoms with Crippen molar-refractivity contribution in [1.29, 1.82) is 0 Å². The highest BCUT2D eigenvalue weighted by atomic mass is 16.7. The minimum absolute atomic E-state index is 0.00137. The van der Waals surface area contributed by atoms with Crippen molar-refractivity contribution in [2.75, 3.05) is 52.8 Å². The molecule has 4 N–H and O–H groups in total. The molecule has 5 rings (SSSR count). The van der Waals surface area contributed by atoms with Crippen molar-refractivity contribution in [2.45, 2.75) is 118 Å². The summed E-state index contributed by atoms with van der Waals surface area (Å²) in [6.07, 6.45) is 2.29. The lowest BCUT2D eigenvalue weighted by Gasteiger charge is -2.50. The molecule has 1 heterocycles. The molecule has 1 saturated heterocycles. The molecule has 11 nitrogen and oxygen atoms in total. The first-order valence-electron chi connectivity index (χ1n) is 21.4. The molecule has 2 aromatic carbocycles. The normalized spacial score (nSPS) is 27.3. The van der Waals surface area contributed by atoms with Crippen LogP contribution in [0.2, 0.25) is 0 Å². The van der Waals surface area contributed by atoms with Gasteiger partial charge in [0.15, 0.2) is 0 Å². The van der Waals surface area contributed by atoms with Gasteiger partial charge in [-0.1, -0.05) is 66.7 Å². The number of anilines is 1. The third-order valence-corrected chi connectivity index (χ3v) is 13.4. The standard InChI is InChI=1S/C46H73N5O6/c1-27(2)18-36(24-49(9)10)47-44(54)35-20-34(21-37(22-35)50(11)12)38-15-13-14-33(43(38)56-26-32-16-17-32)23-51-42(41(31(6)53)40(25-52)57-51)45(55)48-39-19-28(3)46(7,8)30(5)29(39)4/h13-15,20-22,27-32,36,39-42,52-53H,16-19,23-26H2,1-12H3,(H,47,54)(H,48,55)/t28-,29+,30+,31+,36+,39+,40+,41-,42+/m1/s1. The van der Waals surface area contributed by atoms with Crippen LogP contribution in [0.3, 0.4) is 0 Å². The topological polar surface area (TPSA) is 127 Å². The average molecular weight is 792 g/mol. The Kier molecular flexibility index (Phi) is 14.8. The summed E-state index contributed by atoms with van der Waals surface area (Å²) in [5, 5.41) is 29.9. The lowest BCUT2D eigenvalue weighted by atomic mass is 9.58. The molecule has 1 aliphatic heterocycles. The fourth-order valence-corrected chi connectivity index (χ4v) is 9.08. The van der Waals surface area contributed by atoms with Crippen LogP contribution in [0.5, 0.6) is 5.75 Å². The first-order valence-corrected chi connectivity index (χ1v) is 21.4. The molecular weight excluding hydrogens is 719 g/mol. The monoisotopic (exact) mass is 792 g/mol. The highest BCUT2D eigenvalue weighted by Gasteiger charge is 2.51. The van der Waals surface area contributed by atoms with Crippen molar-refractivity contribution in [1.82, 2.24) is 20.6 Å². The highest BCUT2D eigenvalue weighted by Crippen LogP contribution is 2.48. The Morgan fingerprint density at radius 2 is 1.75 bits per heavy atom. The molecule has 0 aromatic heterocycles. The van der Waals surface area contributed by atoms with E-state index < -0.39 is 24.2 Å². The van der Waals surface area contributed by atoms with Gasteiger partial charge < -0.3 is 35.4 Å². The molecule has 2 saturated carbocycles. The maximum absolute atomic E-state index is 14.5. The molecule has 57 heavy (non-hydrogen) atoms. The summed E-state index contributed by atoms with van der Waals surface area (Å²) in [6.45, 7) is 18.6. The molecule has 2 amide bonds. The van der Waals surface area contributed by atoms with Crippen LogP contribution in [0.4, 0.5) is 5.69 Å². The fourth-order valence-electron chi connectivity index (χ4n) is 9.08. The van der Waals surface area contributed by atoms with Crippen molar-refractivity contribution in [3.05, 3.63) is 47.5 Å². The van der Waals surface area contributed by atoms with Crippen LogP contribution < -0.4 is 20.3 Å². The zero-order valence-corrected chi connectivity index (χ0v) is 36.8. The van der Waals surface area contributed by atoms with Crippen molar-refractivity contribution < 1.29 is 29.4 Å². The smallest absolute Gasteiger partial charge is 0.251 e. The molecule has 0 spiro atoms. The molecule has 9 atom stereocenters. The fraction of sp³-hybridized carbons (Fsp3) is 0.696. The number of rotatable bonds is 17. The van der Waals surface area contributed by atoms with Crippen LogP contribution in [0.15, 0.2) is 36.4 Å². The van der Waals surface area contributed by atoms with E-state index in [2.05, 4.69) is 70.1 Å². The van der Waals surface area contributed by atoms with Gasteiger partial charge in [0, 0.05) is 61.0 Å². The number of hydrogen-bond donors (Lipinski definition) is 4. The van der Waals surface area contributed by atoms with E-state index in [0.717, 1.165) is 54.6 Å². The number of aliphatic hydroxyl groups is 2. The molecular formula is C46H73N5O6. The van der Waals surface area contributed by atoms with E-state index in [0.29, 0.717) is 41.6 Å². The Balaban J connectivity index is 1.51. The average Bonchev–Trinajstić information content (AvgIpc) is 3.89. The number of aliphatic hydroxyl groups excluding tert-OH is 2. The Bertz CT molecular complexity index is 1660. The first-order chi connectivity index (χ1) is 26.8. The highest BCUT2D eigenvalue weighted by molar-refractivity contribution is 5.97. The zero-order chi connectivity index (χ0) is 41.9. The summed E-state index contributed by atoms with van der Waals surface area (Å²) in [5.41, 5.74) is 4.10. The minimum Gasteiger partial charge on any atom is -0.492 e. The van der Waals surface area contributed by atoms with Crippen molar-refractivity contribution in [2.24, 2.45) is 40.9 Å². The predicted octanol–water partition coefficient (Wildman–Crippen LogP) is 6.21. The number of nitrogens with zero attached hydrogens (tertiary/aromatic N) is 3. The summed E-state index contributed by atoms with van der Waals surface area (Å²) in [4.78, 5) is 39.0. The van der Waals surface area contributed by atoms with Crippen LogP contribution in [0.25, 0.3) is 11.1 Å². The van der Waals surface area contributed by atoms with E-state index in [1.807, 2.05) is 63.4 Å². The number of likely N-dealkylation sites (N-methyl/N-ethyl adjacent to an activating group) is 1. The summed E-state index contributed by atoms with van der Waals surface area (Å²) >= 11 is 0. The minimum atomic E-state index is -0.906. The number of hydrogen-bond acceptors (Lipinski definition) is 9. The van der Waals surface area contributed by atoms with Crippen LogP contribution in [-0.4, -0.2) is 110 Å². The lowest BCUT2D eigenvalue weighted by molar-refractivity contribution is -0.182. The second kappa shape index (κ2) is 18.8. The van der Waals surface area contributed by atoms with Gasteiger partial charge in [0.1, 0.15) is 17.9 Å². The first kappa shape index (κ1) is 44.9. The van der Waals surface area contributed by atoms with Gasteiger partial charge in [-0.05, 0) is 105 Å². The predicted molar refractivity (Wildman–Crippen MR) is 228 cm³/mol. The van der Waals surface area contributed by atoms with Crippen LogP contribution in [0, 0.1) is 40.9 Å². The number of nitrogens with one attached hydrogen (secondary N) is 2. The molecule has 0 unspecified atom stereocenters. The Morgan fingerprint density at radius 3 is 2.35 bits per heavy atom. The van der Waals surface area contributed by atoms with E-state index in [9.17, 15) is 19.8 Å². The van der Waals surface area contributed by atoms with Gasteiger partial charge in [-0.25, -0.2) is 0 Å². The number of para-hydroxylation sites is 1. The SMILES string of the molecule is CC(C)C[C@@H](CN(C)C)NC(=O)c1cc(-c2cccc(CN3O[C@@H](CO)[C@@H]([C@H](C)O)[C@H]3C(=O)N[C@H]3C[C@@H](C)C(C)(C)[C@@H](C)[C@@H]3C)c2OCC2CC2)cc(N(C)C)c1. The van der Waals surface area contributed by atoms with E-state index in [1.165, 1.54) is 0 Å². The molecule has 0 bridgehead atoms. The number of carbonyl (C=O) groups is 2. The molecule has 3 fully saturated rings. The van der Waals surface area contributed by atoms with Gasteiger partial charge >= 0.3 is 0 Å². The maximum Gasteiger partial charge on any atom is 0.251 e. The molecule has 0 radical (unpaired) electrons. The van der Waals surface area contributed by atoms with E-state index in [1.54, 1.807) is 12.0 Å². The number of amides is 2. The van der Waals surface area contributed by atoms with Gasteiger partial charge in [0.25, 0.3) is 5.91 Å². The lowest BCUT2D eigenvalue weighted by Crippen LogP contribution is -2.56. The quantitative estimate of drug-likeness (QED) is 0.148. The van der Waals surface area contributed by atoms with Gasteiger partial charge in [0.05, 0.1) is 25.9 Å². The van der Waals surface area contributed by atoms with Crippen molar-refractivity contribution >= 4 is 17.5 Å². The number of carbonyl (C=O) groups excluding carboxylic acids is 2. The van der Waals surface area contributed by atoms with Gasteiger partial charge in [0.2, 0.25) is 5.91 Å². The number of ether oxygens (including phenoxy) is 1. The largest absolute Gasteiger partial charge is 0.492 e. The van der Waals surface area contributed by atoms with E-state index >= 15 is 0 Å². The Labute approximate surface area is 342 Å². The molecule has 2 aliphatic carbocycles.